The Hall–Kier alpha value is -2.22. The standard InChI is InChI=1S/C16H24N6O2/c1-11(2)22-9-14(19-20-22)16(24)5-4-6-21(10-16)15(23)8-13-7-12(3)17-18-13/h7,9,11,24H,4-6,8,10H2,1-3H3,(H,17,18). The van der Waals surface area contributed by atoms with Crippen LogP contribution in [0.3, 0.4) is 0 Å². The van der Waals surface area contributed by atoms with Crippen molar-refractivity contribution in [3.63, 3.8) is 0 Å². The zero-order valence-corrected chi connectivity index (χ0v) is 14.4. The molecule has 24 heavy (non-hydrogen) atoms. The zero-order valence-electron chi connectivity index (χ0n) is 14.4. The van der Waals surface area contributed by atoms with Crippen molar-refractivity contribution >= 4 is 5.91 Å². The van der Waals surface area contributed by atoms with E-state index in [1.807, 2.05) is 26.8 Å². The summed E-state index contributed by atoms with van der Waals surface area (Å²) in [6.07, 6.45) is 3.32. The van der Waals surface area contributed by atoms with Gasteiger partial charge in [0, 0.05) is 18.3 Å². The molecular weight excluding hydrogens is 308 g/mol. The van der Waals surface area contributed by atoms with Crippen LogP contribution in [0.25, 0.3) is 0 Å². The molecule has 2 aromatic rings. The van der Waals surface area contributed by atoms with Gasteiger partial charge >= 0.3 is 0 Å². The average Bonchev–Trinajstić information content (AvgIpc) is 3.17. The van der Waals surface area contributed by atoms with Crippen molar-refractivity contribution in [2.24, 2.45) is 0 Å². The van der Waals surface area contributed by atoms with Crippen LogP contribution in [0, 0.1) is 6.92 Å². The smallest absolute Gasteiger partial charge is 0.228 e. The SMILES string of the molecule is Cc1cc(CC(=O)N2CCCC(O)(c3cn(C(C)C)nn3)C2)n[nH]1. The number of hydrogen-bond acceptors (Lipinski definition) is 5. The van der Waals surface area contributed by atoms with Gasteiger partial charge in [0.05, 0.1) is 24.9 Å². The highest BCUT2D eigenvalue weighted by atomic mass is 16.3. The number of nitrogens with one attached hydrogen (secondary N) is 1. The van der Waals surface area contributed by atoms with Gasteiger partial charge in [-0.3, -0.25) is 9.89 Å². The van der Waals surface area contributed by atoms with Crippen molar-refractivity contribution in [1.82, 2.24) is 30.1 Å². The van der Waals surface area contributed by atoms with Crippen molar-refractivity contribution in [1.29, 1.82) is 0 Å². The molecule has 2 N–H and O–H groups in total. The lowest BCUT2D eigenvalue weighted by atomic mass is 9.90. The Kier molecular flexibility index (Phi) is 4.40. The summed E-state index contributed by atoms with van der Waals surface area (Å²) in [5.74, 6) is -0.0316. The van der Waals surface area contributed by atoms with E-state index in [9.17, 15) is 9.90 Å². The van der Waals surface area contributed by atoms with E-state index in [0.29, 0.717) is 18.7 Å². The lowest BCUT2D eigenvalue weighted by Crippen LogP contribution is -2.49. The minimum atomic E-state index is -1.14. The van der Waals surface area contributed by atoms with E-state index < -0.39 is 5.60 Å². The number of carbonyl (C=O) groups is 1. The lowest BCUT2D eigenvalue weighted by Gasteiger charge is -2.38. The van der Waals surface area contributed by atoms with Gasteiger partial charge in [0.2, 0.25) is 5.91 Å². The first kappa shape index (κ1) is 16.6. The minimum Gasteiger partial charge on any atom is -0.382 e. The molecule has 130 valence electrons. The molecule has 3 rings (SSSR count). The molecule has 3 heterocycles. The van der Waals surface area contributed by atoms with Crippen LogP contribution < -0.4 is 0 Å². The average molecular weight is 332 g/mol. The monoisotopic (exact) mass is 332 g/mol. The summed E-state index contributed by atoms with van der Waals surface area (Å²) < 4.78 is 1.72. The van der Waals surface area contributed by atoms with Crippen LogP contribution in [0.5, 0.6) is 0 Å². The van der Waals surface area contributed by atoms with Crippen molar-refractivity contribution in [2.45, 2.75) is 51.7 Å². The Morgan fingerprint density at radius 2 is 2.29 bits per heavy atom. The summed E-state index contributed by atoms with van der Waals surface area (Å²) in [5.41, 5.74) is 1.04. The Balaban J connectivity index is 1.71. The number of aromatic amines is 1. The predicted octanol–water partition coefficient (Wildman–Crippen LogP) is 0.943. The van der Waals surface area contributed by atoms with Gasteiger partial charge in [-0.2, -0.15) is 5.10 Å². The molecule has 2 aromatic heterocycles. The summed E-state index contributed by atoms with van der Waals surface area (Å²) in [7, 11) is 0. The number of amides is 1. The Labute approximate surface area is 140 Å². The van der Waals surface area contributed by atoms with Gasteiger partial charge in [-0.15, -0.1) is 5.10 Å². The van der Waals surface area contributed by atoms with Crippen LogP contribution in [0.1, 0.15) is 49.8 Å². The fourth-order valence-electron chi connectivity index (χ4n) is 3.03. The summed E-state index contributed by atoms with van der Waals surface area (Å²) in [4.78, 5) is 14.2. The van der Waals surface area contributed by atoms with Crippen LogP contribution in [-0.2, 0) is 16.8 Å². The Morgan fingerprint density at radius 3 is 2.92 bits per heavy atom. The molecule has 1 saturated heterocycles. The maximum atomic E-state index is 12.5. The first-order valence-corrected chi connectivity index (χ1v) is 8.31. The van der Waals surface area contributed by atoms with E-state index in [4.69, 9.17) is 0 Å². The topological polar surface area (TPSA) is 99.9 Å². The van der Waals surface area contributed by atoms with Gasteiger partial charge in [-0.25, -0.2) is 4.68 Å². The molecule has 1 fully saturated rings. The second-order valence-electron chi connectivity index (χ2n) is 6.85. The summed E-state index contributed by atoms with van der Waals surface area (Å²) in [6.45, 7) is 6.80. The highest BCUT2D eigenvalue weighted by Gasteiger charge is 2.39. The third-order valence-corrected chi connectivity index (χ3v) is 4.43. The van der Waals surface area contributed by atoms with Crippen molar-refractivity contribution in [3.05, 3.63) is 29.3 Å². The second kappa shape index (κ2) is 6.35. The van der Waals surface area contributed by atoms with Crippen molar-refractivity contribution < 1.29 is 9.90 Å². The van der Waals surface area contributed by atoms with Gasteiger partial charge in [0.1, 0.15) is 11.3 Å². The Morgan fingerprint density at radius 1 is 1.50 bits per heavy atom. The number of likely N-dealkylation sites (tertiary alicyclic amines) is 1. The molecule has 0 aromatic carbocycles. The Bertz CT molecular complexity index is 722. The number of nitrogens with zero attached hydrogens (tertiary/aromatic N) is 5. The van der Waals surface area contributed by atoms with Crippen LogP contribution in [-0.4, -0.2) is 54.2 Å². The third kappa shape index (κ3) is 3.33. The van der Waals surface area contributed by atoms with Crippen LogP contribution in [0.15, 0.2) is 12.3 Å². The van der Waals surface area contributed by atoms with E-state index in [1.165, 1.54) is 0 Å². The first-order chi connectivity index (χ1) is 11.4. The number of β-amino-alcohol motifs (C(OH)–C–C–N with tert-alkyl or cyclic N) is 1. The van der Waals surface area contributed by atoms with Crippen LogP contribution in [0.2, 0.25) is 0 Å². The summed E-state index contributed by atoms with van der Waals surface area (Å²) in [5, 5.41) is 26.1. The molecule has 0 aliphatic carbocycles. The normalized spacial score (nSPS) is 21.5. The zero-order chi connectivity index (χ0) is 17.3. The molecule has 1 aliphatic heterocycles. The first-order valence-electron chi connectivity index (χ1n) is 8.31. The number of carbonyl (C=O) groups excluding carboxylic acids is 1. The van der Waals surface area contributed by atoms with Crippen LogP contribution >= 0.6 is 0 Å². The third-order valence-electron chi connectivity index (χ3n) is 4.43. The van der Waals surface area contributed by atoms with E-state index in [0.717, 1.165) is 17.8 Å². The number of hydrogen-bond donors (Lipinski definition) is 2. The van der Waals surface area contributed by atoms with Crippen LogP contribution in [0.4, 0.5) is 0 Å². The molecule has 1 unspecified atom stereocenters. The number of rotatable bonds is 4. The molecule has 8 heteroatoms. The number of aliphatic hydroxyl groups is 1. The van der Waals surface area contributed by atoms with Gasteiger partial charge < -0.3 is 10.0 Å². The molecule has 1 atom stereocenters. The van der Waals surface area contributed by atoms with E-state index in [-0.39, 0.29) is 24.9 Å². The number of aryl methyl sites for hydroxylation is 1. The minimum absolute atomic E-state index is 0.0316. The fraction of sp³-hybridized carbons (Fsp3) is 0.625. The van der Waals surface area contributed by atoms with Crippen molar-refractivity contribution in [2.75, 3.05) is 13.1 Å². The maximum absolute atomic E-state index is 12.5. The second-order valence-corrected chi connectivity index (χ2v) is 6.85. The fourth-order valence-corrected chi connectivity index (χ4v) is 3.03. The molecule has 1 aliphatic rings. The summed E-state index contributed by atoms with van der Waals surface area (Å²) in [6, 6.07) is 2.04. The highest BCUT2D eigenvalue weighted by Crippen LogP contribution is 2.30. The number of H-pyrrole nitrogens is 1. The van der Waals surface area contributed by atoms with Gasteiger partial charge in [0.25, 0.3) is 0 Å². The summed E-state index contributed by atoms with van der Waals surface area (Å²) >= 11 is 0. The molecular formula is C16H24N6O2. The molecule has 8 nitrogen and oxygen atoms in total. The maximum Gasteiger partial charge on any atom is 0.228 e. The molecule has 0 radical (unpaired) electrons. The predicted molar refractivity (Wildman–Crippen MR) is 87.1 cm³/mol. The highest BCUT2D eigenvalue weighted by molar-refractivity contribution is 5.78. The molecule has 0 bridgehead atoms. The molecule has 1 amide bonds. The van der Waals surface area contributed by atoms with E-state index in [2.05, 4.69) is 20.5 Å². The quantitative estimate of drug-likeness (QED) is 0.868. The van der Waals surface area contributed by atoms with Gasteiger partial charge in [-0.1, -0.05) is 5.21 Å². The molecule has 0 saturated carbocycles. The van der Waals surface area contributed by atoms with E-state index >= 15 is 0 Å². The number of piperidine rings is 1. The van der Waals surface area contributed by atoms with Gasteiger partial charge in [-0.05, 0) is 39.7 Å². The largest absolute Gasteiger partial charge is 0.382 e. The molecule has 0 spiro atoms. The van der Waals surface area contributed by atoms with Gasteiger partial charge in [0.15, 0.2) is 0 Å². The van der Waals surface area contributed by atoms with E-state index in [1.54, 1.807) is 15.8 Å². The van der Waals surface area contributed by atoms with Crippen molar-refractivity contribution in [3.8, 4) is 0 Å². The number of aromatic nitrogens is 5. The lowest BCUT2D eigenvalue weighted by molar-refractivity contribution is -0.138.